The Kier molecular flexibility index (Phi) is 6.00. The van der Waals surface area contributed by atoms with Crippen LogP contribution in [0.15, 0.2) is 12.1 Å². The molecule has 2 heterocycles. The monoisotopic (exact) mass is 290 g/mol. The quantitative estimate of drug-likeness (QED) is 0.836. The zero-order chi connectivity index (χ0) is 15.2. The van der Waals surface area contributed by atoms with Crippen LogP contribution in [0.4, 0.5) is 5.82 Å². The lowest BCUT2D eigenvalue weighted by atomic mass is 10.2. The molecule has 1 aliphatic rings. The van der Waals surface area contributed by atoms with E-state index in [0.29, 0.717) is 6.04 Å². The Morgan fingerprint density at radius 2 is 2.19 bits per heavy atom. The summed E-state index contributed by atoms with van der Waals surface area (Å²) in [6, 6.07) is 5.08. The number of aryl methyl sites for hydroxylation is 1. The molecule has 4 heteroatoms. The van der Waals surface area contributed by atoms with Gasteiger partial charge in [0.2, 0.25) is 0 Å². The molecule has 1 atom stereocenters. The second-order valence-electron chi connectivity index (χ2n) is 6.06. The number of likely N-dealkylation sites (tertiary alicyclic amines) is 1. The average molecular weight is 290 g/mol. The van der Waals surface area contributed by atoms with Gasteiger partial charge in [-0.25, -0.2) is 4.98 Å². The fourth-order valence-corrected chi connectivity index (χ4v) is 3.22. The van der Waals surface area contributed by atoms with Gasteiger partial charge in [0.25, 0.3) is 0 Å². The average Bonchev–Trinajstić information content (AvgIpc) is 2.91. The van der Waals surface area contributed by atoms with Gasteiger partial charge in [0.15, 0.2) is 0 Å². The molecular formula is C17H30N4. The minimum Gasteiger partial charge on any atom is -0.358 e. The van der Waals surface area contributed by atoms with Gasteiger partial charge in [-0.05, 0) is 57.1 Å². The number of hydrogen-bond donors (Lipinski definition) is 1. The van der Waals surface area contributed by atoms with Crippen LogP contribution in [0.25, 0.3) is 0 Å². The summed E-state index contributed by atoms with van der Waals surface area (Å²) in [4.78, 5) is 9.62. The summed E-state index contributed by atoms with van der Waals surface area (Å²) in [6.07, 6.45) is 2.65. The molecule has 0 aromatic carbocycles. The van der Waals surface area contributed by atoms with E-state index in [1.807, 2.05) is 0 Å². The zero-order valence-electron chi connectivity index (χ0n) is 14.0. The number of hydrogen-bond acceptors (Lipinski definition) is 4. The van der Waals surface area contributed by atoms with Crippen molar-refractivity contribution in [1.29, 1.82) is 0 Å². The van der Waals surface area contributed by atoms with E-state index in [0.717, 1.165) is 37.7 Å². The van der Waals surface area contributed by atoms with Crippen LogP contribution in [0.1, 0.15) is 37.9 Å². The Morgan fingerprint density at radius 1 is 1.38 bits per heavy atom. The van der Waals surface area contributed by atoms with Crippen molar-refractivity contribution in [3.63, 3.8) is 0 Å². The molecule has 4 nitrogen and oxygen atoms in total. The van der Waals surface area contributed by atoms with Crippen molar-refractivity contribution in [2.24, 2.45) is 0 Å². The van der Waals surface area contributed by atoms with Gasteiger partial charge in [-0.3, -0.25) is 4.90 Å². The van der Waals surface area contributed by atoms with E-state index >= 15 is 0 Å². The number of aromatic nitrogens is 1. The van der Waals surface area contributed by atoms with Crippen molar-refractivity contribution < 1.29 is 0 Å². The summed E-state index contributed by atoms with van der Waals surface area (Å²) in [5, 5.41) is 3.39. The Hall–Kier alpha value is -1.13. The molecule has 118 valence electrons. The Balaban J connectivity index is 2.04. The van der Waals surface area contributed by atoms with Crippen LogP contribution in [0.3, 0.4) is 0 Å². The van der Waals surface area contributed by atoms with Crippen LogP contribution >= 0.6 is 0 Å². The number of pyridine rings is 1. The van der Waals surface area contributed by atoms with Gasteiger partial charge >= 0.3 is 0 Å². The molecule has 1 N–H and O–H groups in total. The van der Waals surface area contributed by atoms with Crippen LogP contribution in [0.5, 0.6) is 0 Å². The lowest BCUT2D eigenvalue weighted by Gasteiger charge is -2.28. The van der Waals surface area contributed by atoms with E-state index in [-0.39, 0.29) is 0 Å². The fraction of sp³-hybridized carbons (Fsp3) is 0.706. The molecule has 0 spiro atoms. The van der Waals surface area contributed by atoms with E-state index in [1.165, 1.54) is 24.9 Å². The number of rotatable bonds is 7. The highest BCUT2D eigenvalue weighted by atomic mass is 15.2. The SMILES string of the molecule is CCNCc1cc(C)nc(N(C)CC2CCCN2CC)c1. The van der Waals surface area contributed by atoms with E-state index < -0.39 is 0 Å². The summed E-state index contributed by atoms with van der Waals surface area (Å²) in [5.41, 5.74) is 2.43. The third kappa shape index (κ3) is 4.42. The Labute approximate surface area is 129 Å². The highest BCUT2D eigenvalue weighted by molar-refractivity contribution is 5.42. The van der Waals surface area contributed by atoms with Crippen molar-refractivity contribution in [1.82, 2.24) is 15.2 Å². The molecule has 1 aromatic rings. The molecule has 0 bridgehead atoms. The Bertz CT molecular complexity index is 446. The second-order valence-corrected chi connectivity index (χ2v) is 6.06. The molecule has 21 heavy (non-hydrogen) atoms. The van der Waals surface area contributed by atoms with E-state index in [1.54, 1.807) is 0 Å². The van der Waals surface area contributed by atoms with Crippen LogP contribution in [0.2, 0.25) is 0 Å². The summed E-state index contributed by atoms with van der Waals surface area (Å²) in [5.74, 6) is 1.10. The van der Waals surface area contributed by atoms with Gasteiger partial charge in [-0.15, -0.1) is 0 Å². The molecular weight excluding hydrogens is 260 g/mol. The predicted octanol–water partition coefficient (Wildman–Crippen LogP) is 2.42. The van der Waals surface area contributed by atoms with Crippen molar-refractivity contribution in [3.8, 4) is 0 Å². The van der Waals surface area contributed by atoms with Crippen LogP contribution < -0.4 is 10.2 Å². The number of nitrogens with zero attached hydrogens (tertiary/aromatic N) is 3. The smallest absolute Gasteiger partial charge is 0.128 e. The minimum absolute atomic E-state index is 0.680. The van der Waals surface area contributed by atoms with Crippen molar-refractivity contribution >= 4 is 5.82 Å². The molecule has 0 saturated carbocycles. The molecule has 0 radical (unpaired) electrons. The van der Waals surface area contributed by atoms with E-state index in [4.69, 9.17) is 4.98 Å². The van der Waals surface area contributed by atoms with Gasteiger partial charge in [-0.2, -0.15) is 0 Å². The first kappa shape index (κ1) is 16.2. The molecule has 1 saturated heterocycles. The molecule has 0 aliphatic carbocycles. The molecule has 1 aromatic heterocycles. The number of nitrogens with one attached hydrogen (secondary N) is 1. The Morgan fingerprint density at radius 3 is 2.90 bits per heavy atom. The zero-order valence-corrected chi connectivity index (χ0v) is 14.0. The third-order valence-electron chi connectivity index (χ3n) is 4.36. The predicted molar refractivity (Wildman–Crippen MR) is 89.9 cm³/mol. The van der Waals surface area contributed by atoms with Gasteiger partial charge in [0, 0.05) is 31.9 Å². The first-order valence-electron chi connectivity index (χ1n) is 8.27. The molecule has 1 fully saturated rings. The van der Waals surface area contributed by atoms with Crippen LogP contribution in [0, 0.1) is 6.92 Å². The summed E-state index contributed by atoms with van der Waals surface area (Å²) in [7, 11) is 2.17. The first-order valence-corrected chi connectivity index (χ1v) is 8.27. The maximum absolute atomic E-state index is 4.71. The molecule has 1 unspecified atom stereocenters. The summed E-state index contributed by atoms with van der Waals surface area (Å²) < 4.78 is 0. The van der Waals surface area contributed by atoms with Crippen molar-refractivity contribution in [2.45, 2.75) is 46.2 Å². The third-order valence-corrected chi connectivity index (χ3v) is 4.36. The lowest BCUT2D eigenvalue weighted by molar-refractivity contribution is 0.270. The molecule has 1 aliphatic heterocycles. The molecule has 0 amide bonds. The summed E-state index contributed by atoms with van der Waals surface area (Å²) >= 11 is 0. The maximum Gasteiger partial charge on any atom is 0.128 e. The number of likely N-dealkylation sites (N-methyl/N-ethyl adjacent to an activating group) is 2. The molecule has 2 rings (SSSR count). The van der Waals surface area contributed by atoms with E-state index in [2.05, 4.69) is 55.1 Å². The van der Waals surface area contributed by atoms with Gasteiger partial charge in [0.05, 0.1) is 0 Å². The standard InChI is InChI=1S/C17H30N4/c1-5-18-12-15-10-14(3)19-17(11-15)20(4)13-16-8-7-9-21(16)6-2/h10-11,16,18H,5-9,12-13H2,1-4H3. The largest absolute Gasteiger partial charge is 0.358 e. The van der Waals surface area contributed by atoms with Gasteiger partial charge in [0.1, 0.15) is 5.82 Å². The van der Waals surface area contributed by atoms with Gasteiger partial charge in [-0.1, -0.05) is 13.8 Å². The summed E-state index contributed by atoms with van der Waals surface area (Å²) in [6.45, 7) is 11.9. The number of anilines is 1. The van der Waals surface area contributed by atoms with Crippen molar-refractivity contribution in [2.75, 3.05) is 38.1 Å². The van der Waals surface area contributed by atoms with Gasteiger partial charge < -0.3 is 10.2 Å². The maximum atomic E-state index is 4.71. The van der Waals surface area contributed by atoms with Crippen LogP contribution in [-0.2, 0) is 6.54 Å². The van der Waals surface area contributed by atoms with Crippen LogP contribution in [-0.4, -0.2) is 49.2 Å². The second kappa shape index (κ2) is 7.76. The minimum atomic E-state index is 0.680. The lowest BCUT2D eigenvalue weighted by Crippen LogP contribution is -2.39. The highest BCUT2D eigenvalue weighted by Gasteiger charge is 2.24. The van der Waals surface area contributed by atoms with Crippen molar-refractivity contribution in [3.05, 3.63) is 23.4 Å². The highest BCUT2D eigenvalue weighted by Crippen LogP contribution is 2.20. The fourth-order valence-electron chi connectivity index (χ4n) is 3.22. The first-order chi connectivity index (χ1) is 10.1. The van der Waals surface area contributed by atoms with E-state index in [9.17, 15) is 0 Å². The normalized spacial score (nSPS) is 19.1. The topological polar surface area (TPSA) is 31.4 Å².